The fraction of sp³-hybridized carbons (Fsp3) is 0.857. The van der Waals surface area contributed by atoms with Crippen LogP contribution in [0, 0.1) is 0 Å². The number of carboxylic acid groups (broad SMARTS) is 1. The first-order valence-corrected chi connectivity index (χ1v) is 3.47. The molecule has 0 bridgehead atoms. The largest absolute Gasteiger partial charge is 1.00 e. The monoisotopic (exact) mass is 168 g/mol. The van der Waals surface area contributed by atoms with E-state index >= 15 is 0 Å². The molecule has 0 aromatic carbocycles. The number of carboxylic acids is 1. The third-order valence-corrected chi connectivity index (χ3v) is 1.23. The van der Waals surface area contributed by atoms with E-state index in [4.69, 9.17) is 0 Å². The van der Waals surface area contributed by atoms with Gasteiger partial charge in [0.25, 0.3) is 0 Å². The van der Waals surface area contributed by atoms with Crippen LogP contribution in [0.1, 0.15) is 39.0 Å². The number of hydrogen-bond acceptors (Lipinski definition) is 2. The Morgan fingerprint density at radius 2 is 1.90 bits per heavy atom. The Hall–Kier alpha value is 1.11. The Morgan fingerprint density at radius 3 is 2.30 bits per heavy atom. The molecule has 0 aromatic rings. The summed E-state index contributed by atoms with van der Waals surface area (Å²) in [6.07, 6.45) is 4.29. The van der Waals surface area contributed by atoms with E-state index in [9.17, 15) is 9.90 Å². The van der Waals surface area contributed by atoms with Crippen molar-refractivity contribution in [1.82, 2.24) is 0 Å². The molecule has 54 valence electrons. The molecule has 0 spiro atoms. The second kappa shape index (κ2) is 10.1. The molecule has 3 heteroatoms. The van der Waals surface area contributed by atoms with Crippen molar-refractivity contribution in [3.63, 3.8) is 0 Å². The number of hydrogen-bond donors (Lipinski definition) is 0. The third kappa shape index (κ3) is 11.8. The Morgan fingerprint density at radius 1 is 1.30 bits per heavy atom. The van der Waals surface area contributed by atoms with Crippen molar-refractivity contribution in [2.75, 3.05) is 0 Å². The molecule has 10 heavy (non-hydrogen) atoms. The van der Waals surface area contributed by atoms with E-state index in [0.29, 0.717) is 0 Å². The average Bonchev–Trinajstić information content (AvgIpc) is 1.80. The van der Waals surface area contributed by atoms with Gasteiger partial charge in [-0.2, -0.15) is 0 Å². The molecule has 0 unspecified atom stereocenters. The minimum absolute atomic E-state index is 0. The van der Waals surface area contributed by atoms with Gasteiger partial charge < -0.3 is 9.90 Å². The fourth-order valence-corrected chi connectivity index (χ4v) is 0.696. The van der Waals surface area contributed by atoms with Crippen LogP contribution in [0.4, 0.5) is 0 Å². The number of rotatable bonds is 5. The van der Waals surface area contributed by atoms with Crippen LogP contribution in [0.25, 0.3) is 0 Å². The Labute approximate surface area is 105 Å². The normalized spacial score (nSPS) is 8.50. The van der Waals surface area contributed by atoms with Gasteiger partial charge in [0.2, 0.25) is 0 Å². The van der Waals surface area contributed by atoms with Crippen molar-refractivity contribution >= 4 is 5.97 Å². The molecule has 0 saturated heterocycles. The molecule has 2 nitrogen and oxygen atoms in total. The van der Waals surface area contributed by atoms with Gasteiger partial charge in [0.15, 0.2) is 0 Å². The second-order valence-electron chi connectivity index (χ2n) is 2.18. The summed E-state index contributed by atoms with van der Waals surface area (Å²) in [5, 5.41) is 9.85. The maximum atomic E-state index is 9.85. The van der Waals surface area contributed by atoms with E-state index in [0.717, 1.165) is 25.7 Å². The maximum Gasteiger partial charge on any atom is 1.00 e. The number of carbonyl (C=O) groups is 1. The summed E-state index contributed by atoms with van der Waals surface area (Å²) < 4.78 is 0. The Bertz CT molecular complexity index is 83.7. The molecule has 0 heterocycles. The third-order valence-electron chi connectivity index (χ3n) is 1.23. The standard InChI is InChI=1S/C7H14O2.K/c1-2-3-4-5-6-7(8)9;/h2-6H2,1H3,(H,8,9);/q;+1/p-1. The van der Waals surface area contributed by atoms with Gasteiger partial charge in [-0.25, -0.2) is 0 Å². The number of aliphatic carboxylic acids is 1. The van der Waals surface area contributed by atoms with Crippen molar-refractivity contribution in [3.8, 4) is 0 Å². The van der Waals surface area contributed by atoms with E-state index in [1.807, 2.05) is 0 Å². The van der Waals surface area contributed by atoms with Crippen LogP contribution in [0.15, 0.2) is 0 Å². The second-order valence-corrected chi connectivity index (χ2v) is 2.18. The van der Waals surface area contributed by atoms with Gasteiger partial charge in [-0.3, -0.25) is 0 Å². The summed E-state index contributed by atoms with van der Waals surface area (Å²) in [6, 6.07) is 0. The van der Waals surface area contributed by atoms with Crippen molar-refractivity contribution in [3.05, 3.63) is 0 Å². The first kappa shape index (κ1) is 13.7. The molecule has 0 aliphatic rings. The van der Waals surface area contributed by atoms with Crippen LogP contribution in [-0.2, 0) is 4.79 Å². The fourth-order valence-electron chi connectivity index (χ4n) is 0.696. The minimum atomic E-state index is -0.925. The topological polar surface area (TPSA) is 40.1 Å². The van der Waals surface area contributed by atoms with Crippen molar-refractivity contribution < 1.29 is 61.3 Å². The predicted octanol–water partition coefficient (Wildman–Crippen LogP) is -2.29. The zero-order chi connectivity index (χ0) is 7.11. The minimum Gasteiger partial charge on any atom is -0.550 e. The molecule has 0 N–H and O–H groups in total. The van der Waals surface area contributed by atoms with Crippen LogP contribution in [-0.4, -0.2) is 5.97 Å². The SMILES string of the molecule is CCCCCCC(=O)[O-].[K+]. The van der Waals surface area contributed by atoms with Gasteiger partial charge >= 0.3 is 51.4 Å². The summed E-state index contributed by atoms with van der Waals surface area (Å²) in [5.41, 5.74) is 0. The smallest absolute Gasteiger partial charge is 0.550 e. The van der Waals surface area contributed by atoms with Crippen LogP contribution in [0.5, 0.6) is 0 Å². The van der Waals surface area contributed by atoms with Gasteiger partial charge in [-0.15, -0.1) is 0 Å². The van der Waals surface area contributed by atoms with Gasteiger partial charge in [0.05, 0.1) is 0 Å². The van der Waals surface area contributed by atoms with Gasteiger partial charge in [0.1, 0.15) is 0 Å². The predicted molar refractivity (Wildman–Crippen MR) is 33.8 cm³/mol. The molecule has 0 atom stereocenters. The number of carbonyl (C=O) groups excluding carboxylic acids is 1. The Kier molecular flexibility index (Phi) is 13.8. The molecule has 0 aliphatic carbocycles. The van der Waals surface area contributed by atoms with Crippen LogP contribution >= 0.6 is 0 Å². The van der Waals surface area contributed by atoms with E-state index in [-0.39, 0.29) is 57.8 Å². The zero-order valence-corrected chi connectivity index (χ0v) is 9.98. The van der Waals surface area contributed by atoms with Crippen LogP contribution in [0.3, 0.4) is 0 Å². The van der Waals surface area contributed by atoms with Crippen molar-refractivity contribution in [2.45, 2.75) is 39.0 Å². The molecule has 0 aliphatic heterocycles. The summed E-state index contributed by atoms with van der Waals surface area (Å²) in [4.78, 5) is 9.85. The van der Waals surface area contributed by atoms with Crippen molar-refractivity contribution in [1.29, 1.82) is 0 Å². The zero-order valence-electron chi connectivity index (χ0n) is 6.85. The van der Waals surface area contributed by atoms with E-state index in [1.165, 1.54) is 0 Å². The molecule has 0 saturated carbocycles. The Balaban J connectivity index is 0. The molecule has 0 amide bonds. The molecular formula is C7H13KO2. The first-order chi connectivity index (χ1) is 4.27. The molecule has 0 radical (unpaired) electrons. The summed E-state index contributed by atoms with van der Waals surface area (Å²) in [7, 11) is 0. The van der Waals surface area contributed by atoms with Gasteiger partial charge in [-0.05, 0) is 12.8 Å². The molecule has 0 rings (SSSR count). The van der Waals surface area contributed by atoms with Crippen molar-refractivity contribution in [2.24, 2.45) is 0 Å². The first-order valence-electron chi connectivity index (χ1n) is 3.47. The molecule has 0 aromatic heterocycles. The summed E-state index contributed by atoms with van der Waals surface area (Å²) in [6.45, 7) is 2.10. The van der Waals surface area contributed by atoms with Gasteiger partial charge in [0, 0.05) is 5.97 Å². The summed E-state index contributed by atoms with van der Waals surface area (Å²) in [5.74, 6) is -0.925. The van der Waals surface area contributed by atoms with E-state index in [1.54, 1.807) is 0 Å². The van der Waals surface area contributed by atoms with E-state index < -0.39 is 5.97 Å². The van der Waals surface area contributed by atoms with E-state index in [2.05, 4.69) is 6.92 Å². The summed E-state index contributed by atoms with van der Waals surface area (Å²) >= 11 is 0. The number of unbranched alkanes of at least 4 members (excludes halogenated alkanes) is 3. The quantitative estimate of drug-likeness (QED) is 0.342. The van der Waals surface area contributed by atoms with Crippen LogP contribution in [0.2, 0.25) is 0 Å². The average molecular weight is 168 g/mol. The maximum absolute atomic E-state index is 9.85. The van der Waals surface area contributed by atoms with Gasteiger partial charge in [-0.1, -0.05) is 26.2 Å². The van der Waals surface area contributed by atoms with Crippen LogP contribution < -0.4 is 56.5 Å². The molecule has 0 fully saturated rings. The molecular weight excluding hydrogens is 155 g/mol.